The van der Waals surface area contributed by atoms with Crippen LogP contribution in [-0.4, -0.2) is 23.9 Å². The molecule has 1 heterocycles. The summed E-state index contributed by atoms with van der Waals surface area (Å²) in [5.41, 5.74) is 0.758. The van der Waals surface area contributed by atoms with Crippen LogP contribution in [0.25, 0.3) is 0 Å². The van der Waals surface area contributed by atoms with E-state index >= 15 is 0 Å². The molecule has 5 heteroatoms. The van der Waals surface area contributed by atoms with Crippen LogP contribution in [0.3, 0.4) is 0 Å². The Balaban J connectivity index is 2.50. The summed E-state index contributed by atoms with van der Waals surface area (Å²) >= 11 is 6.25. The number of halogens is 1. The van der Waals surface area contributed by atoms with Crippen LogP contribution in [0.4, 0.5) is 5.69 Å². The first-order chi connectivity index (χ1) is 9.39. The van der Waals surface area contributed by atoms with Crippen molar-refractivity contribution in [2.45, 2.75) is 39.2 Å². The third-order valence-electron chi connectivity index (χ3n) is 3.86. The van der Waals surface area contributed by atoms with Gasteiger partial charge in [-0.25, -0.2) is 0 Å². The number of nitrogens with zero attached hydrogens (tertiary/aromatic N) is 1. The second-order valence-electron chi connectivity index (χ2n) is 5.35. The highest BCUT2D eigenvalue weighted by Gasteiger charge is 2.40. The zero-order valence-electron chi connectivity index (χ0n) is 12.0. The molecular formula is C15H19ClN2O2. The summed E-state index contributed by atoms with van der Waals surface area (Å²) in [5.74, 6) is -0.211. The van der Waals surface area contributed by atoms with Crippen molar-refractivity contribution in [2.24, 2.45) is 0 Å². The molecule has 1 fully saturated rings. The standard InChI is InChI=1S/C15H19ClN2O2/c1-4-15(3)14(20)18(9-8-12(19)17-15)13-10(2)6-5-7-11(13)16/h5-7H,4,8-9H2,1-3H3,(H,17,19). The minimum atomic E-state index is -0.876. The predicted octanol–water partition coefficient (Wildman–Crippen LogP) is 2.67. The average Bonchev–Trinajstić information content (AvgIpc) is 2.50. The Labute approximate surface area is 124 Å². The highest BCUT2D eigenvalue weighted by Crippen LogP contribution is 2.32. The molecule has 0 bridgehead atoms. The Kier molecular flexibility index (Phi) is 4.04. The second-order valence-corrected chi connectivity index (χ2v) is 5.75. The maximum Gasteiger partial charge on any atom is 0.252 e. The molecule has 4 nitrogen and oxygen atoms in total. The van der Waals surface area contributed by atoms with Gasteiger partial charge in [0.05, 0.1) is 10.7 Å². The lowest BCUT2D eigenvalue weighted by Crippen LogP contribution is -2.55. The van der Waals surface area contributed by atoms with Gasteiger partial charge in [-0.1, -0.05) is 30.7 Å². The van der Waals surface area contributed by atoms with E-state index in [2.05, 4.69) is 5.32 Å². The second kappa shape index (κ2) is 5.44. The summed E-state index contributed by atoms with van der Waals surface area (Å²) in [5, 5.41) is 3.35. The molecule has 0 saturated carbocycles. The third kappa shape index (κ3) is 2.52. The first-order valence-corrected chi connectivity index (χ1v) is 7.15. The van der Waals surface area contributed by atoms with E-state index in [1.54, 1.807) is 17.9 Å². The number of amides is 2. The molecule has 2 amide bonds. The van der Waals surface area contributed by atoms with Gasteiger partial charge in [0.15, 0.2) is 0 Å². The summed E-state index contributed by atoms with van der Waals surface area (Å²) in [6.07, 6.45) is 0.823. The number of benzene rings is 1. The van der Waals surface area contributed by atoms with Gasteiger partial charge in [0.25, 0.3) is 5.91 Å². The van der Waals surface area contributed by atoms with Crippen molar-refractivity contribution in [3.05, 3.63) is 28.8 Å². The number of carbonyl (C=O) groups excluding carboxylic acids is 2. The zero-order chi connectivity index (χ0) is 14.9. The first kappa shape index (κ1) is 14.9. The molecule has 1 atom stereocenters. The minimum absolute atomic E-state index is 0.102. The van der Waals surface area contributed by atoms with Crippen molar-refractivity contribution in [1.82, 2.24) is 5.32 Å². The van der Waals surface area contributed by atoms with Crippen LogP contribution in [0.5, 0.6) is 0 Å². The number of hydrogen-bond donors (Lipinski definition) is 1. The molecule has 1 saturated heterocycles. The van der Waals surface area contributed by atoms with Crippen molar-refractivity contribution >= 4 is 29.1 Å². The van der Waals surface area contributed by atoms with E-state index < -0.39 is 5.54 Å². The zero-order valence-corrected chi connectivity index (χ0v) is 12.8. The van der Waals surface area contributed by atoms with Crippen molar-refractivity contribution in [1.29, 1.82) is 0 Å². The Morgan fingerprint density at radius 2 is 2.10 bits per heavy atom. The van der Waals surface area contributed by atoms with Crippen LogP contribution < -0.4 is 10.2 Å². The van der Waals surface area contributed by atoms with Crippen LogP contribution in [0.1, 0.15) is 32.3 Å². The maximum absolute atomic E-state index is 12.8. The molecule has 1 aromatic rings. The van der Waals surface area contributed by atoms with Gasteiger partial charge in [-0.3, -0.25) is 9.59 Å². The molecule has 1 aromatic carbocycles. The van der Waals surface area contributed by atoms with Crippen LogP contribution in [0, 0.1) is 6.92 Å². The number of para-hydroxylation sites is 1. The molecule has 1 N–H and O–H groups in total. The van der Waals surface area contributed by atoms with Gasteiger partial charge in [-0.15, -0.1) is 0 Å². The number of hydrogen-bond acceptors (Lipinski definition) is 2. The van der Waals surface area contributed by atoms with Crippen LogP contribution in [0.2, 0.25) is 5.02 Å². The minimum Gasteiger partial charge on any atom is -0.342 e. The molecule has 0 aliphatic carbocycles. The summed E-state index contributed by atoms with van der Waals surface area (Å²) in [7, 11) is 0. The Morgan fingerprint density at radius 1 is 1.40 bits per heavy atom. The van der Waals surface area contributed by atoms with Crippen molar-refractivity contribution in [3.63, 3.8) is 0 Å². The van der Waals surface area contributed by atoms with Gasteiger partial charge in [0.2, 0.25) is 5.91 Å². The van der Waals surface area contributed by atoms with Gasteiger partial charge in [0.1, 0.15) is 5.54 Å². The van der Waals surface area contributed by atoms with Crippen LogP contribution in [0.15, 0.2) is 18.2 Å². The number of carbonyl (C=O) groups is 2. The largest absolute Gasteiger partial charge is 0.342 e. The molecule has 1 aliphatic rings. The monoisotopic (exact) mass is 294 g/mol. The summed E-state index contributed by atoms with van der Waals surface area (Å²) in [6, 6.07) is 5.53. The van der Waals surface area contributed by atoms with Gasteiger partial charge in [-0.05, 0) is 31.9 Å². The normalized spacial score (nSPS) is 23.5. The number of aryl methyl sites for hydroxylation is 1. The van der Waals surface area contributed by atoms with Crippen LogP contribution in [-0.2, 0) is 9.59 Å². The Morgan fingerprint density at radius 3 is 2.70 bits per heavy atom. The van der Waals surface area contributed by atoms with E-state index in [1.807, 2.05) is 26.0 Å². The lowest BCUT2D eigenvalue weighted by atomic mass is 9.96. The van der Waals surface area contributed by atoms with E-state index in [0.717, 1.165) is 5.56 Å². The lowest BCUT2D eigenvalue weighted by Gasteiger charge is -2.32. The summed E-state index contributed by atoms with van der Waals surface area (Å²) in [6.45, 7) is 5.92. The Hall–Kier alpha value is -1.55. The SMILES string of the molecule is CCC1(C)NC(=O)CCN(c2c(C)cccc2Cl)C1=O. The topological polar surface area (TPSA) is 49.4 Å². The smallest absolute Gasteiger partial charge is 0.252 e. The fourth-order valence-electron chi connectivity index (χ4n) is 2.45. The molecule has 108 valence electrons. The maximum atomic E-state index is 12.8. The van der Waals surface area contributed by atoms with Crippen molar-refractivity contribution in [3.8, 4) is 0 Å². The molecule has 0 aromatic heterocycles. The molecule has 20 heavy (non-hydrogen) atoms. The van der Waals surface area contributed by atoms with Gasteiger partial charge in [-0.2, -0.15) is 0 Å². The molecule has 1 aliphatic heterocycles. The third-order valence-corrected chi connectivity index (χ3v) is 4.17. The highest BCUT2D eigenvalue weighted by molar-refractivity contribution is 6.34. The summed E-state index contributed by atoms with van der Waals surface area (Å²) < 4.78 is 0. The van der Waals surface area contributed by atoms with Gasteiger partial charge >= 0.3 is 0 Å². The molecule has 1 unspecified atom stereocenters. The number of anilines is 1. The summed E-state index contributed by atoms with van der Waals surface area (Å²) in [4.78, 5) is 26.3. The van der Waals surface area contributed by atoms with Crippen molar-refractivity contribution in [2.75, 3.05) is 11.4 Å². The number of rotatable bonds is 2. The van der Waals surface area contributed by atoms with Crippen LogP contribution >= 0.6 is 11.6 Å². The number of nitrogens with one attached hydrogen (secondary N) is 1. The molecule has 2 rings (SSSR count). The lowest BCUT2D eigenvalue weighted by molar-refractivity contribution is -0.129. The van der Waals surface area contributed by atoms with Crippen molar-refractivity contribution < 1.29 is 9.59 Å². The van der Waals surface area contributed by atoms with E-state index in [-0.39, 0.29) is 18.2 Å². The van der Waals surface area contributed by atoms with Gasteiger partial charge in [0, 0.05) is 13.0 Å². The average molecular weight is 295 g/mol. The predicted molar refractivity (Wildman–Crippen MR) is 80.0 cm³/mol. The fourth-order valence-corrected chi connectivity index (χ4v) is 2.78. The van der Waals surface area contributed by atoms with Gasteiger partial charge < -0.3 is 10.2 Å². The van der Waals surface area contributed by atoms with E-state index in [1.165, 1.54) is 0 Å². The molecule has 0 radical (unpaired) electrons. The quantitative estimate of drug-likeness (QED) is 0.911. The molecule has 0 spiro atoms. The fraction of sp³-hybridized carbons (Fsp3) is 0.467. The Bertz CT molecular complexity index is 539. The molecular weight excluding hydrogens is 276 g/mol. The van der Waals surface area contributed by atoms with E-state index in [0.29, 0.717) is 23.7 Å². The van der Waals surface area contributed by atoms with E-state index in [4.69, 9.17) is 11.6 Å². The van der Waals surface area contributed by atoms with E-state index in [9.17, 15) is 9.59 Å². The first-order valence-electron chi connectivity index (χ1n) is 6.77. The highest BCUT2D eigenvalue weighted by atomic mass is 35.5.